The van der Waals surface area contributed by atoms with Crippen molar-refractivity contribution in [1.82, 2.24) is 14.4 Å². The molecule has 0 aliphatic heterocycles. The lowest BCUT2D eigenvalue weighted by molar-refractivity contribution is -0.141. The average molecular weight is 358 g/mol. The number of aromatic nitrogens is 3. The summed E-state index contributed by atoms with van der Waals surface area (Å²) >= 11 is 6.62. The van der Waals surface area contributed by atoms with Gasteiger partial charge in [-0.05, 0) is 17.7 Å². The molecule has 9 heteroatoms. The smallest absolute Gasteiger partial charge is 0.267 e. The van der Waals surface area contributed by atoms with E-state index in [9.17, 15) is 18.0 Å². The minimum atomic E-state index is -4.65. The summed E-state index contributed by atoms with van der Waals surface area (Å²) in [4.78, 5) is 20.0. The van der Waals surface area contributed by atoms with Crippen LogP contribution in [0.15, 0.2) is 34.7 Å². The van der Waals surface area contributed by atoms with Gasteiger partial charge in [0.1, 0.15) is 10.7 Å². The Morgan fingerprint density at radius 3 is 2.74 bits per heavy atom. The zero-order valence-electron chi connectivity index (χ0n) is 11.2. The van der Waals surface area contributed by atoms with Gasteiger partial charge in [0.25, 0.3) is 5.56 Å². The summed E-state index contributed by atoms with van der Waals surface area (Å²) in [5.74, 6) is 0. The number of alkyl halides is 3. The van der Waals surface area contributed by atoms with Crippen LogP contribution in [0, 0.1) is 0 Å². The van der Waals surface area contributed by atoms with Crippen LogP contribution >= 0.6 is 22.9 Å². The van der Waals surface area contributed by atoms with Crippen LogP contribution in [-0.2, 0) is 6.18 Å². The number of hydrogen-bond acceptors (Lipinski definition) is 4. The molecule has 0 radical (unpaired) electrons. The van der Waals surface area contributed by atoms with Crippen LogP contribution in [0.5, 0.6) is 0 Å². The van der Waals surface area contributed by atoms with Crippen molar-refractivity contribution in [1.29, 1.82) is 0 Å². The van der Waals surface area contributed by atoms with E-state index in [2.05, 4.69) is 9.97 Å². The number of halogens is 4. The molecule has 0 bridgehead atoms. The third kappa shape index (κ3) is 2.99. The highest BCUT2D eigenvalue weighted by atomic mass is 35.5. The number of fused-ring (bicyclic) bond motifs is 1. The molecular weight excluding hydrogens is 351 g/mol. The molecule has 0 spiro atoms. The van der Waals surface area contributed by atoms with Gasteiger partial charge < -0.3 is 0 Å². The lowest BCUT2D eigenvalue weighted by Gasteiger charge is -2.06. The molecule has 3 heterocycles. The Balaban J connectivity index is 2.13. The molecule has 0 unspecified atom stereocenters. The summed E-state index contributed by atoms with van der Waals surface area (Å²) in [7, 11) is 0. The van der Waals surface area contributed by atoms with Gasteiger partial charge in [-0.2, -0.15) is 13.2 Å². The number of nitrogens with zero attached hydrogens (tertiary/aromatic N) is 3. The van der Waals surface area contributed by atoms with Gasteiger partial charge in [0.2, 0.25) is 0 Å². The van der Waals surface area contributed by atoms with Crippen LogP contribution in [0.25, 0.3) is 17.1 Å². The fraction of sp³-hybridized carbons (Fsp3) is 0.0714. The van der Waals surface area contributed by atoms with Crippen molar-refractivity contribution >= 4 is 40.1 Å². The van der Waals surface area contributed by atoms with Crippen molar-refractivity contribution in [3.63, 3.8) is 0 Å². The molecule has 118 valence electrons. The lowest BCUT2D eigenvalue weighted by Crippen LogP contribution is -2.21. The average Bonchev–Trinajstić information content (AvgIpc) is 2.94. The minimum absolute atomic E-state index is 0.0717. The van der Waals surface area contributed by atoms with E-state index in [4.69, 9.17) is 11.6 Å². The third-order valence-corrected chi connectivity index (χ3v) is 4.13. The maximum Gasteiger partial charge on any atom is 0.432 e. The van der Waals surface area contributed by atoms with Crippen LogP contribution in [0.4, 0.5) is 13.2 Å². The normalized spacial score (nSPS) is 12.3. The highest BCUT2D eigenvalue weighted by Crippen LogP contribution is 2.32. The van der Waals surface area contributed by atoms with E-state index in [1.54, 1.807) is 30.6 Å². The summed E-state index contributed by atoms with van der Waals surface area (Å²) in [5, 5.41) is 0.473. The van der Waals surface area contributed by atoms with Crippen molar-refractivity contribution < 1.29 is 13.2 Å². The summed E-state index contributed by atoms with van der Waals surface area (Å²) in [5.41, 5.74) is -1.18. The van der Waals surface area contributed by atoms with Crippen molar-refractivity contribution in [2.24, 2.45) is 0 Å². The topological polar surface area (TPSA) is 47.3 Å². The van der Waals surface area contributed by atoms with Gasteiger partial charge in [-0.15, -0.1) is 11.3 Å². The van der Waals surface area contributed by atoms with Crippen molar-refractivity contribution in [3.8, 4) is 0 Å². The predicted octanol–water partition coefficient (Wildman–Crippen LogP) is 3.99. The van der Waals surface area contributed by atoms with Gasteiger partial charge in [-0.1, -0.05) is 23.7 Å². The molecule has 0 aromatic carbocycles. The second kappa shape index (κ2) is 5.78. The van der Waals surface area contributed by atoms with E-state index in [1.807, 2.05) is 0 Å². The van der Waals surface area contributed by atoms with Crippen LogP contribution in [0.2, 0.25) is 5.02 Å². The first-order valence-electron chi connectivity index (χ1n) is 6.23. The first-order valence-corrected chi connectivity index (χ1v) is 7.49. The number of thiazole rings is 1. The lowest BCUT2D eigenvalue weighted by atomic mass is 10.2. The first-order chi connectivity index (χ1) is 10.9. The second-order valence-electron chi connectivity index (χ2n) is 4.47. The fourth-order valence-corrected chi connectivity index (χ4v) is 2.99. The van der Waals surface area contributed by atoms with Crippen molar-refractivity contribution in [2.45, 2.75) is 6.18 Å². The summed E-state index contributed by atoms with van der Waals surface area (Å²) in [6, 6.07) is 3.50. The Morgan fingerprint density at radius 2 is 2.09 bits per heavy atom. The van der Waals surface area contributed by atoms with Gasteiger partial charge in [0.15, 0.2) is 4.96 Å². The molecule has 0 saturated heterocycles. The molecule has 0 fully saturated rings. The maximum absolute atomic E-state index is 12.9. The molecule has 3 aromatic heterocycles. The molecular formula is C14H7ClF3N3OS. The maximum atomic E-state index is 12.9. The van der Waals surface area contributed by atoms with Crippen LogP contribution < -0.4 is 5.56 Å². The van der Waals surface area contributed by atoms with Gasteiger partial charge in [-0.3, -0.25) is 9.78 Å². The first kappa shape index (κ1) is 15.7. The Morgan fingerprint density at radius 1 is 1.30 bits per heavy atom. The molecule has 3 rings (SSSR count). The second-order valence-corrected chi connectivity index (χ2v) is 5.69. The molecule has 0 aliphatic rings. The Labute approximate surface area is 136 Å². The fourth-order valence-electron chi connectivity index (χ4n) is 1.90. The monoisotopic (exact) mass is 357 g/mol. The summed E-state index contributed by atoms with van der Waals surface area (Å²) in [6.07, 6.45) is 1.62. The SMILES string of the molecule is O=c1c(Cl)c(/C=C/c2cccnc2)nc2scc(C(F)(F)F)n12. The molecule has 4 nitrogen and oxygen atoms in total. The number of rotatable bonds is 2. The highest BCUT2D eigenvalue weighted by molar-refractivity contribution is 7.15. The standard InChI is InChI=1S/C14H7ClF3N3OS/c15-11-9(4-3-8-2-1-5-19-6-8)20-13-21(12(11)22)10(7-23-13)14(16,17)18/h1-7H/b4-3+. The zero-order chi connectivity index (χ0) is 16.6. The van der Waals surface area contributed by atoms with Crippen molar-refractivity contribution in [2.75, 3.05) is 0 Å². The Bertz CT molecular complexity index is 948. The van der Waals surface area contributed by atoms with Gasteiger partial charge >= 0.3 is 6.18 Å². The third-order valence-electron chi connectivity index (χ3n) is 2.95. The van der Waals surface area contributed by atoms with Gasteiger partial charge in [0, 0.05) is 17.8 Å². The summed E-state index contributed by atoms with van der Waals surface area (Å²) in [6.45, 7) is 0. The van der Waals surface area contributed by atoms with Gasteiger partial charge in [0.05, 0.1) is 5.69 Å². The van der Waals surface area contributed by atoms with Crippen molar-refractivity contribution in [3.05, 3.63) is 62.2 Å². The number of pyridine rings is 1. The molecule has 0 saturated carbocycles. The highest BCUT2D eigenvalue weighted by Gasteiger charge is 2.35. The van der Waals surface area contributed by atoms with E-state index in [0.29, 0.717) is 4.40 Å². The van der Waals surface area contributed by atoms with Crippen LogP contribution in [0.1, 0.15) is 17.0 Å². The van der Waals surface area contributed by atoms with E-state index < -0.39 is 17.4 Å². The summed E-state index contributed by atoms with van der Waals surface area (Å²) < 4.78 is 39.1. The Kier molecular flexibility index (Phi) is 3.95. The molecule has 0 amide bonds. The molecule has 0 atom stereocenters. The van der Waals surface area contributed by atoms with E-state index in [-0.39, 0.29) is 15.7 Å². The quantitative estimate of drug-likeness (QED) is 0.696. The molecule has 23 heavy (non-hydrogen) atoms. The Hall–Kier alpha value is -2.19. The molecule has 3 aromatic rings. The predicted molar refractivity (Wildman–Crippen MR) is 82.5 cm³/mol. The molecule has 0 aliphatic carbocycles. The van der Waals surface area contributed by atoms with Gasteiger partial charge in [-0.25, -0.2) is 9.38 Å². The largest absolute Gasteiger partial charge is 0.432 e. The number of hydrogen-bond donors (Lipinski definition) is 0. The molecule has 0 N–H and O–H groups in total. The minimum Gasteiger partial charge on any atom is -0.267 e. The van der Waals surface area contributed by atoms with E-state index >= 15 is 0 Å². The zero-order valence-corrected chi connectivity index (χ0v) is 12.8. The van der Waals surface area contributed by atoms with Crippen LogP contribution in [0.3, 0.4) is 0 Å². The van der Waals surface area contributed by atoms with E-state index in [0.717, 1.165) is 22.3 Å². The van der Waals surface area contributed by atoms with E-state index in [1.165, 1.54) is 6.08 Å². The van der Waals surface area contributed by atoms with Crippen LogP contribution in [-0.4, -0.2) is 14.4 Å².